The van der Waals surface area contributed by atoms with E-state index in [-0.39, 0.29) is 17.3 Å². The lowest BCUT2D eigenvalue weighted by Gasteiger charge is -1.99. The second-order valence-electron chi connectivity index (χ2n) is 5.02. The van der Waals surface area contributed by atoms with Gasteiger partial charge in [0.25, 0.3) is 5.69 Å². The molecule has 0 amide bonds. The van der Waals surface area contributed by atoms with Gasteiger partial charge >= 0.3 is 5.97 Å². The summed E-state index contributed by atoms with van der Waals surface area (Å²) in [5.41, 5.74) is 1.95. The molecule has 0 N–H and O–H groups in total. The monoisotopic (exact) mass is 308 g/mol. The maximum absolute atomic E-state index is 12.0. The molecule has 0 spiro atoms. The zero-order valence-electron chi connectivity index (χ0n) is 12.2. The number of aliphatic imine (C=N–C) groups is 1. The summed E-state index contributed by atoms with van der Waals surface area (Å²) < 4.78 is 5.16. The number of nitro groups is 1. The number of hydrogen-bond donors (Lipinski definition) is 0. The number of para-hydroxylation sites is 1. The summed E-state index contributed by atoms with van der Waals surface area (Å²) in [6.07, 6.45) is 1.36. The summed E-state index contributed by atoms with van der Waals surface area (Å²) in [5, 5.41) is 11.0. The molecule has 3 rings (SSSR count). The fraction of sp³-hybridized carbons (Fsp3) is 0.0588. The number of esters is 1. The number of rotatable bonds is 3. The van der Waals surface area contributed by atoms with Gasteiger partial charge in [-0.15, -0.1) is 0 Å². The highest BCUT2D eigenvalue weighted by Gasteiger charge is 2.25. The van der Waals surface area contributed by atoms with E-state index in [0.29, 0.717) is 11.1 Å². The van der Waals surface area contributed by atoms with E-state index >= 15 is 0 Å². The van der Waals surface area contributed by atoms with E-state index < -0.39 is 10.9 Å². The number of aryl methyl sites for hydroxylation is 1. The Morgan fingerprint density at radius 1 is 1.17 bits per heavy atom. The Bertz CT molecular complexity index is 868. The molecule has 0 atom stereocenters. The Morgan fingerprint density at radius 3 is 2.70 bits per heavy atom. The largest absolute Gasteiger partial charge is 0.402 e. The minimum atomic E-state index is -0.625. The first-order valence-corrected chi connectivity index (χ1v) is 6.87. The number of cyclic esters (lactones) is 1. The predicted molar refractivity (Wildman–Crippen MR) is 84.9 cm³/mol. The fourth-order valence-corrected chi connectivity index (χ4v) is 2.23. The lowest BCUT2D eigenvalue weighted by atomic mass is 10.1. The average Bonchev–Trinajstić information content (AvgIpc) is 2.89. The minimum absolute atomic E-state index is 0.0378. The summed E-state index contributed by atoms with van der Waals surface area (Å²) in [6.45, 7) is 1.92. The van der Waals surface area contributed by atoms with Crippen molar-refractivity contribution in [2.75, 3.05) is 0 Å². The van der Waals surface area contributed by atoms with Gasteiger partial charge in [-0.25, -0.2) is 9.79 Å². The van der Waals surface area contributed by atoms with Crippen LogP contribution in [0.15, 0.2) is 59.2 Å². The lowest BCUT2D eigenvalue weighted by molar-refractivity contribution is -0.385. The van der Waals surface area contributed by atoms with Crippen molar-refractivity contribution >= 4 is 23.6 Å². The zero-order valence-corrected chi connectivity index (χ0v) is 12.2. The van der Waals surface area contributed by atoms with Crippen LogP contribution in [0.3, 0.4) is 0 Å². The minimum Gasteiger partial charge on any atom is -0.402 e. The van der Waals surface area contributed by atoms with E-state index in [4.69, 9.17) is 4.74 Å². The van der Waals surface area contributed by atoms with Crippen molar-refractivity contribution < 1.29 is 14.5 Å². The van der Waals surface area contributed by atoms with Gasteiger partial charge in [-0.3, -0.25) is 10.1 Å². The molecule has 0 bridgehead atoms. The van der Waals surface area contributed by atoms with Crippen molar-refractivity contribution in [3.63, 3.8) is 0 Å². The van der Waals surface area contributed by atoms with Gasteiger partial charge < -0.3 is 4.74 Å². The van der Waals surface area contributed by atoms with Gasteiger partial charge in [0.1, 0.15) is 0 Å². The zero-order chi connectivity index (χ0) is 16.4. The van der Waals surface area contributed by atoms with Crippen molar-refractivity contribution in [1.82, 2.24) is 0 Å². The van der Waals surface area contributed by atoms with E-state index in [9.17, 15) is 14.9 Å². The molecule has 0 saturated carbocycles. The van der Waals surface area contributed by atoms with Crippen LogP contribution in [0.4, 0.5) is 5.69 Å². The molecule has 0 aromatic heterocycles. The summed E-state index contributed by atoms with van der Waals surface area (Å²) in [4.78, 5) is 26.6. The molecule has 1 aliphatic heterocycles. The third-order valence-corrected chi connectivity index (χ3v) is 3.31. The number of benzene rings is 2. The molecule has 114 valence electrons. The van der Waals surface area contributed by atoms with Crippen molar-refractivity contribution in [1.29, 1.82) is 0 Å². The third kappa shape index (κ3) is 3.01. The Hall–Kier alpha value is -3.28. The highest BCUT2D eigenvalue weighted by Crippen LogP contribution is 2.24. The molecule has 2 aromatic rings. The quantitative estimate of drug-likeness (QED) is 0.377. The van der Waals surface area contributed by atoms with Crippen molar-refractivity contribution in [3.05, 3.63) is 81.0 Å². The van der Waals surface area contributed by atoms with Crippen LogP contribution < -0.4 is 0 Å². The van der Waals surface area contributed by atoms with Crippen LogP contribution in [-0.2, 0) is 9.53 Å². The van der Waals surface area contributed by atoms with Gasteiger partial charge in [0.15, 0.2) is 5.70 Å². The summed E-state index contributed by atoms with van der Waals surface area (Å²) in [7, 11) is 0. The first-order chi connectivity index (χ1) is 11.0. The number of ether oxygens (including phenoxy) is 1. The first kappa shape index (κ1) is 14.6. The van der Waals surface area contributed by atoms with Crippen LogP contribution in [0, 0.1) is 17.0 Å². The van der Waals surface area contributed by atoms with Crippen LogP contribution >= 0.6 is 0 Å². The maximum atomic E-state index is 12.0. The van der Waals surface area contributed by atoms with Crippen LogP contribution in [-0.4, -0.2) is 16.8 Å². The second kappa shape index (κ2) is 5.84. The molecule has 0 aliphatic carbocycles. The number of nitrogens with zero attached hydrogens (tertiary/aromatic N) is 2. The smallest absolute Gasteiger partial charge is 0.363 e. The second-order valence-corrected chi connectivity index (χ2v) is 5.02. The fourth-order valence-electron chi connectivity index (χ4n) is 2.23. The van der Waals surface area contributed by atoms with E-state index in [2.05, 4.69) is 4.99 Å². The molecule has 1 aliphatic rings. The SMILES string of the molecule is Cc1cccc(C2=N/C(=C\c3ccccc3[N+](=O)[O-])C(=O)O2)c1. The number of hydrogen-bond acceptors (Lipinski definition) is 5. The van der Waals surface area contributed by atoms with Crippen molar-refractivity contribution in [2.24, 2.45) is 4.99 Å². The highest BCUT2D eigenvalue weighted by molar-refractivity contribution is 6.13. The van der Waals surface area contributed by atoms with Crippen molar-refractivity contribution in [3.8, 4) is 0 Å². The van der Waals surface area contributed by atoms with Gasteiger partial charge in [-0.1, -0.05) is 29.8 Å². The Balaban J connectivity index is 2.01. The first-order valence-electron chi connectivity index (χ1n) is 6.87. The number of nitro benzene ring substituents is 1. The van der Waals surface area contributed by atoms with Crippen LogP contribution in [0.1, 0.15) is 16.7 Å². The molecule has 0 saturated heterocycles. The van der Waals surface area contributed by atoms with E-state index in [1.165, 1.54) is 12.1 Å². The predicted octanol–water partition coefficient (Wildman–Crippen LogP) is 3.25. The summed E-state index contributed by atoms with van der Waals surface area (Å²) in [5.74, 6) is -0.428. The van der Waals surface area contributed by atoms with Gasteiger partial charge in [-0.2, -0.15) is 0 Å². The van der Waals surface area contributed by atoms with E-state index in [0.717, 1.165) is 5.56 Å². The average molecular weight is 308 g/mol. The Kier molecular flexibility index (Phi) is 3.72. The summed E-state index contributed by atoms with van der Waals surface area (Å²) >= 11 is 0. The standard InChI is InChI=1S/C17H12N2O4/c1-11-5-4-7-13(9-11)16-18-14(17(20)23-16)10-12-6-2-3-8-15(12)19(21)22/h2-10H,1H3/b14-10-. The summed E-state index contributed by atoms with van der Waals surface area (Å²) in [6, 6.07) is 13.5. The van der Waals surface area contributed by atoms with Gasteiger partial charge in [0.05, 0.1) is 10.5 Å². The molecule has 6 heteroatoms. The van der Waals surface area contributed by atoms with Gasteiger partial charge in [-0.05, 0) is 31.2 Å². The highest BCUT2D eigenvalue weighted by atomic mass is 16.6. The lowest BCUT2D eigenvalue weighted by Crippen LogP contribution is -2.05. The molecule has 0 radical (unpaired) electrons. The normalized spacial score (nSPS) is 15.4. The molecule has 23 heavy (non-hydrogen) atoms. The molecule has 1 heterocycles. The van der Waals surface area contributed by atoms with Gasteiger partial charge in [0.2, 0.25) is 5.90 Å². The third-order valence-electron chi connectivity index (χ3n) is 3.31. The molecule has 0 fully saturated rings. The van der Waals surface area contributed by atoms with Gasteiger partial charge in [0, 0.05) is 11.6 Å². The maximum Gasteiger partial charge on any atom is 0.363 e. The molecular weight excluding hydrogens is 296 g/mol. The Morgan fingerprint density at radius 2 is 1.96 bits per heavy atom. The van der Waals surface area contributed by atoms with Crippen LogP contribution in [0.5, 0.6) is 0 Å². The van der Waals surface area contributed by atoms with E-state index in [1.807, 2.05) is 25.1 Å². The molecule has 0 unspecified atom stereocenters. The van der Waals surface area contributed by atoms with Crippen LogP contribution in [0.2, 0.25) is 0 Å². The molecular formula is C17H12N2O4. The van der Waals surface area contributed by atoms with Crippen LogP contribution in [0.25, 0.3) is 6.08 Å². The number of carbonyl (C=O) groups excluding carboxylic acids is 1. The molecule has 6 nitrogen and oxygen atoms in total. The van der Waals surface area contributed by atoms with E-state index in [1.54, 1.807) is 24.3 Å². The topological polar surface area (TPSA) is 81.8 Å². The molecule has 2 aromatic carbocycles. The number of carbonyl (C=O) groups is 1. The van der Waals surface area contributed by atoms with Crippen molar-refractivity contribution in [2.45, 2.75) is 6.92 Å². The Labute approximate surface area is 131 Å².